The molecule has 1 aliphatic heterocycles. The third-order valence-corrected chi connectivity index (χ3v) is 4.44. The van der Waals surface area contributed by atoms with Crippen molar-refractivity contribution in [2.24, 2.45) is 0 Å². The van der Waals surface area contributed by atoms with Gasteiger partial charge in [0.1, 0.15) is 11.3 Å². The number of benzene rings is 1. The lowest BCUT2D eigenvalue weighted by Crippen LogP contribution is -2.56. The van der Waals surface area contributed by atoms with Crippen molar-refractivity contribution in [2.45, 2.75) is 39.2 Å². The molecule has 6 heteroatoms. The van der Waals surface area contributed by atoms with Gasteiger partial charge in [-0.3, -0.25) is 9.69 Å². The molecule has 1 aromatic rings. The molecule has 1 aliphatic rings. The van der Waals surface area contributed by atoms with Crippen LogP contribution < -0.4 is 0 Å². The summed E-state index contributed by atoms with van der Waals surface area (Å²) in [7, 11) is 0. The molecular formula is C19H24ClNO4. The molecule has 136 valence electrons. The molecule has 2 rings (SSSR count). The predicted molar refractivity (Wildman–Crippen MR) is 96.8 cm³/mol. The van der Waals surface area contributed by atoms with Gasteiger partial charge in [0.25, 0.3) is 5.91 Å². The van der Waals surface area contributed by atoms with Crippen molar-refractivity contribution in [1.82, 2.24) is 4.90 Å². The Kier molecular flexibility index (Phi) is 6.48. The van der Waals surface area contributed by atoms with E-state index in [4.69, 9.17) is 21.1 Å². The number of hydrogen-bond acceptors (Lipinski definition) is 4. The lowest BCUT2D eigenvalue weighted by molar-refractivity contribution is -0.165. The minimum absolute atomic E-state index is 0.0346. The standard InChI is InChI=1S/C19H24ClNO4/c1-4-5-11-24-18(23)19(2,3)21-13-25-15(12-20)16(17(21)22)14-9-7-6-8-10-14/h6-10H,4-5,11-13H2,1-3H3. The number of halogens is 1. The van der Waals surface area contributed by atoms with Crippen molar-refractivity contribution in [3.63, 3.8) is 0 Å². The second kappa shape index (κ2) is 8.39. The summed E-state index contributed by atoms with van der Waals surface area (Å²) in [5.41, 5.74) is -0.0397. The minimum atomic E-state index is -1.14. The molecule has 5 nitrogen and oxygen atoms in total. The van der Waals surface area contributed by atoms with Gasteiger partial charge in [0.2, 0.25) is 0 Å². The highest BCUT2D eigenvalue weighted by molar-refractivity contribution is 6.25. The van der Waals surface area contributed by atoms with Crippen molar-refractivity contribution in [2.75, 3.05) is 19.2 Å². The number of ether oxygens (including phenoxy) is 2. The van der Waals surface area contributed by atoms with Crippen molar-refractivity contribution in [1.29, 1.82) is 0 Å². The van der Waals surface area contributed by atoms with Gasteiger partial charge < -0.3 is 9.47 Å². The first-order valence-corrected chi connectivity index (χ1v) is 8.93. The SMILES string of the molecule is CCCCOC(=O)C(C)(C)N1COC(CCl)=C(c2ccccc2)C1=O. The molecule has 0 N–H and O–H groups in total. The summed E-state index contributed by atoms with van der Waals surface area (Å²) in [6, 6.07) is 9.18. The Hall–Kier alpha value is -2.01. The molecule has 0 radical (unpaired) electrons. The lowest BCUT2D eigenvalue weighted by Gasteiger charge is -2.39. The van der Waals surface area contributed by atoms with E-state index in [1.165, 1.54) is 4.90 Å². The number of nitrogens with zero attached hydrogens (tertiary/aromatic N) is 1. The van der Waals surface area contributed by atoms with Crippen molar-refractivity contribution in [3.8, 4) is 0 Å². The Balaban J connectivity index is 2.28. The highest BCUT2D eigenvalue weighted by Gasteiger charge is 2.43. The molecule has 0 saturated heterocycles. The quantitative estimate of drug-likeness (QED) is 0.421. The monoisotopic (exact) mass is 365 g/mol. The van der Waals surface area contributed by atoms with Gasteiger partial charge in [0.15, 0.2) is 6.73 Å². The number of alkyl halides is 1. The number of allylic oxidation sites excluding steroid dienone is 1. The second-order valence-electron chi connectivity index (χ2n) is 6.35. The maximum Gasteiger partial charge on any atom is 0.331 e. The Morgan fingerprint density at radius 1 is 1.32 bits per heavy atom. The Morgan fingerprint density at radius 2 is 2.00 bits per heavy atom. The van der Waals surface area contributed by atoms with E-state index in [2.05, 4.69) is 0 Å². The smallest absolute Gasteiger partial charge is 0.331 e. The molecule has 0 aliphatic carbocycles. The molecule has 0 atom stereocenters. The van der Waals surface area contributed by atoms with Crippen LogP contribution in [0.3, 0.4) is 0 Å². The number of amides is 1. The highest BCUT2D eigenvalue weighted by Crippen LogP contribution is 2.31. The number of esters is 1. The van der Waals surface area contributed by atoms with E-state index < -0.39 is 11.5 Å². The summed E-state index contributed by atoms with van der Waals surface area (Å²) in [5, 5.41) is 0. The van der Waals surface area contributed by atoms with Gasteiger partial charge in [0, 0.05) is 0 Å². The van der Waals surface area contributed by atoms with Crippen LogP contribution in [0.25, 0.3) is 5.57 Å². The van der Waals surface area contributed by atoms with Gasteiger partial charge in [-0.1, -0.05) is 43.7 Å². The molecule has 1 amide bonds. The third-order valence-electron chi connectivity index (χ3n) is 4.19. The fraction of sp³-hybridized carbons (Fsp3) is 0.474. The van der Waals surface area contributed by atoms with Crippen LogP contribution >= 0.6 is 11.6 Å². The van der Waals surface area contributed by atoms with Crippen LogP contribution in [0.1, 0.15) is 39.2 Å². The van der Waals surface area contributed by atoms with Gasteiger partial charge in [-0.15, -0.1) is 11.6 Å². The summed E-state index contributed by atoms with van der Waals surface area (Å²) >= 11 is 5.95. The zero-order valence-corrected chi connectivity index (χ0v) is 15.6. The van der Waals surface area contributed by atoms with Gasteiger partial charge >= 0.3 is 5.97 Å². The van der Waals surface area contributed by atoms with Gasteiger partial charge in [0.05, 0.1) is 18.1 Å². The Bertz CT molecular complexity index is 655. The summed E-state index contributed by atoms with van der Waals surface area (Å²) < 4.78 is 11.0. The molecule has 1 aromatic carbocycles. The summed E-state index contributed by atoms with van der Waals surface area (Å²) in [6.07, 6.45) is 1.72. The van der Waals surface area contributed by atoms with E-state index in [1.807, 2.05) is 37.3 Å². The average Bonchev–Trinajstić information content (AvgIpc) is 2.61. The van der Waals surface area contributed by atoms with Crippen LogP contribution in [0, 0.1) is 0 Å². The van der Waals surface area contributed by atoms with Gasteiger partial charge in [-0.2, -0.15) is 0 Å². The molecule has 0 unspecified atom stereocenters. The Morgan fingerprint density at radius 3 is 2.60 bits per heavy atom. The molecule has 1 heterocycles. The Labute approximate surface area is 153 Å². The molecule has 0 saturated carbocycles. The van der Waals surface area contributed by atoms with Crippen LogP contribution in [0.4, 0.5) is 0 Å². The van der Waals surface area contributed by atoms with E-state index in [1.54, 1.807) is 13.8 Å². The van der Waals surface area contributed by atoms with Gasteiger partial charge in [-0.25, -0.2) is 4.79 Å². The second-order valence-corrected chi connectivity index (χ2v) is 6.62. The van der Waals surface area contributed by atoms with E-state index in [0.29, 0.717) is 23.5 Å². The van der Waals surface area contributed by atoms with Crippen molar-refractivity contribution >= 4 is 29.1 Å². The fourth-order valence-electron chi connectivity index (χ4n) is 2.53. The summed E-state index contributed by atoms with van der Waals surface area (Å²) in [5.74, 6) is -0.222. The maximum absolute atomic E-state index is 13.1. The summed E-state index contributed by atoms with van der Waals surface area (Å²) in [4.78, 5) is 27.0. The van der Waals surface area contributed by atoms with Gasteiger partial charge in [-0.05, 0) is 25.8 Å². The maximum atomic E-state index is 13.1. The van der Waals surface area contributed by atoms with Crippen LogP contribution in [0.2, 0.25) is 0 Å². The first-order chi connectivity index (χ1) is 11.9. The minimum Gasteiger partial charge on any atom is -0.475 e. The summed E-state index contributed by atoms with van der Waals surface area (Å²) in [6.45, 7) is 5.66. The topological polar surface area (TPSA) is 55.8 Å². The molecule has 0 fully saturated rings. The van der Waals surface area contributed by atoms with E-state index in [-0.39, 0.29) is 18.5 Å². The average molecular weight is 366 g/mol. The molecule has 0 aromatic heterocycles. The van der Waals surface area contributed by atoms with Crippen LogP contribution in [-0.4, -0.2) is 41.5 Å². The third kappa shape index (κ3) is 4.15. The fourth-order valence-corrected chi connectivity index (χ4v) is 2.74. The molecular weight excluding hydrogens is 342 g/mol. The predicted octanol–water partition coefficient (Wildman–Crippen LogP) is 3.57. The van der Waals surface area contributed by atoms with E-state index in [9.17, 15) is 9.59 Å². The zero-order chi connectivity index (χ0) is 18.4. The van der Waals surface area contributed by atoms with E-state index in [0.717, 1.165) is 12.8 Å². The first-order valence-electron chi connectivity index (χ1n) is 8.40. The normalized spacial score (nSPS) is 15.2. The van der Waals surface area contributed by atoms with Crippen molar-refractivity contribution in [3.05, 3.63) is 41.7 Å². The largest absolute Gasteiger partial charge is 0.475 e. The van der Waals surface area contributed by atoms with Crippen LogP contribution in [0.15, 0.2) is 36.1 Å². The van der Waals surface area contributed by atoms with Crippen LogP contribution in [-0.2, 0) is 19.1 Å². The van der Waals surface area contributed by atoms with Crippen LogP contribution in [0.5, 0.6) is 0 Å². The molecule has 25 heavy (non-hydrogen) atoms. The molecule has 0 spiro atoms. The van der Waals surface area contributed by atoms with E-state index >= 15 is 0 Å². The zero-order valence-electron chi connectivity index (χ0n) is 14.9. The number of unbranched alkanes of at least 4 members (excludes halogenated alkanes) is 1. The number of hydrogen-bond donors (Lipinski definition) is 0. The number of rotatable bonds is 7. The number of carbonyl (C=O) groups excluding carboxylic acids is 2. The number of carbonyl (C=O) groups is 2. The van der Waals surface area contributed by atoms with Crippen molar-refractivity contribution < 1.29 is 19.1 Å². The highest BCUT2D eigenvalue weighted by atomic mass is 35.5. The molecule has 0 bridgehead atoms. The lowest BCUT2D eigenvalue weighted by atomic mass is 9.97. The first kappa shape index (κ1) is 19.3.